The molecule has 154 valence electrons. The van der Waals surface area contributed by atoms with Gasteiger partial charge in [-0.25, -0.2) is 0 Å². The van der Waals surface area contributed by atoms with Crippen molar-refractivity contribution in [1.82, 2.24) is 0 Å². The van der Waals surface area contributed by atoms with Crippen molar-refractivity contribution in [3.05, 3.63) is 83.9 Å². The van der Waals surface area contributed by atoms with Gasteiger partial charge in [0.05, 0.1) is 5.02 Å². The summed E-state index contributed by atoms with van der Waals surface area (Å²) in [6.07, 6.45) is -0.762. The second-order valence-electron chi connectivity index (χ2n) is 6.41. The van der Waals surface area contributed by atoms with E-state index in [-0.39, 0.29) is 18.4 Å². The SMILES string of the molecule is CC(Oc1ccccc1Cl)C(=O)Nc1cccc(NC(=O)COc2ccccc2)c1. The number of hydrogen-bond donors (Lipinski definition) is 2. The highest BCUT2D eigenvalue weighted by Gasteiger charge is 2.16. The third-order valence-electron chi connectivity index (χ3n) is 4.04. The highest BCUT2D eigenvalue weighted by molar-refractivity contribution is 6.32. The number of benzene rings is 3. The first-order valence-corrected chi connectivity index (χ1v) is 9.69. The molecule has 1 atom stereocenters. The number of para-hydroxylation sites is 2. The summed E-state index contributed by atoms with van der Waals surface area (Å²) in [4.78, 5) is 24.5. The van der Waals surface area contributed by atoms with E-state index >= 15 is 0 Å². The Morgan fingerprint density at radius 1 is 0.900 bits per heavy atom. The van der Waals surface area contributed by atoms with E-state index in [0.29, 0.717) is 27.9 Å². The highest BCUT2D eigenvalue weighted by atomic mass is 35.5. The van der Waals surface area contributed by atoms with E-state index < -0.39 is 6.10 Å². The van der Waals surface area contributed by atoms with E-state index in [1.54, 1.807) is 67.6 Å². The Morgan fingerprint density at radius 3 is 2.30 bits per heavy atom. The zero-order valence-electron chi connectivity index (χ0n) is 16.3. The second kappa shape index (κ2) is 10.3. The molecule has 2 amide bonds. The van der Waals surface area contributed by atoms with E-state index in [0.717, 1.165) is 0 Å². The van der Waals surface area contributed by atoms with E-state index in [2.05, 4.69) is 10.6 Å². The fourth-order valence-corrected chi connectivity index (χ4v) is 2.75. The van der Waals surface area contributed by atoms with E-state index in [9.17, 15) is 9.59 Å². The summed E-state index contributed by atoms with van der Waals surface area (Å²) in [7, 11) is 0. The normalized spacial score (nSPS) is 11.3. The third kappa shape index (κ3) is 6.25. The highest BCUT2D eigenvalue weighted by Crippen LogP contribution is 2.24. The van der Waals surface area contributed by atoms with Gasteiger partial charge in [-0.2, -0.15) is 0 Å². The lowest BCUT2D eigenvalue weighted by atomic mass is 10.2. The number of carbonyl (C=O) groups excluding carboxylic acids is 2. The molecule has 30 heavy (non-hydrogen) atoms. The molecule has 0 aromatic heterocycles. The van der Waals surface area contributed by atoms with Crippen LogP contribution in [0.2, 0.25) is 5.02 Å². The van der Waals surface area contributed by atoms with Gasteiger partial charge in [0, 0.05) is 11.4 Å². The lowest BCUT2D eigenvalue weighted by molar-refractivity contribution is -0.122. The van der Waals surface area contributed by atoms with Gasteiger partial charge in [-0.1, -0.05) is 48.0 Å². The zero-order chi connectivity index (χ0) is 21.3. The van der Waals surface area contributed by atoms with E-state index in [4.69, 9.17) is 21.1 Å². The van der Waals surface area contributed by atoms with Gasteiger partial charge < -0.3 is 20.1 Å². The van der Waals surface area contributed by atoms with Crippen molar-refractivity contribution in [2.45, 2.75) is 13.0 Å². The van der Waals surface area contributed by atoms with Crippen LogP contribution in [0.1, 0.15) is 6.92 Å². The molecular formula is C23H21ClN2O4. The number of nitrogens with one attached hydrogen (secondary N) is 2. The largest absolute Gasteiger partial charge is 0.484 e. The van der Waals surface area contributed by atoms with Crippen molar-refractivity contribution >= 4 is 34.8 Å². The summed E-state index contributed by atoms with van der Waals surface area (Å²) in [6, 6.07) is 22.8. The van der Waals surface area contributed by atoms with Gasteiger partial charge in [-0.05, 0) is 49.4 Å². The van der Waals surface area contributed by atoms with Crippen molar-refractivity contribution in [2.75, 3.05) is 17.2 Å². The van der Waals surface area contributed by atoms with Crippen LogP contribution in [0.3, 0.4) is 0 Å². The predicted molar refractivity (Wildman–Crippen MR) is 117 cm³/mol. The molecule has 0 aliphatic carbocycles. The Kier molecular flexibility index (Phi) is 7.29. The molecular weight excluding hydrogens is 404 g/mol. The lowest BCUT2D eigenvalue weighted by Gasteiger charge is -2.16. The molecule has 1 unspecified atom stereocenters. The summed E-state index contributed by atoms with van der Waals surface area (Å²) in [6.45, 7) is 1.51. The Bertz CT molecular complexity index is 1010. The van der Waals surface area contributed by atoms with E-state index in [1.807, 2.05) is 18.2 Å². The van der Waals surface area contributed by atoms with Crippen LogP contribution >= 0.6 is 11.6 Å². The first-order valence-electron chi connectivity index (χ1n) is 9.31. The van der Waals surface area contributed by atoms with Gasteiger partial charge in [0.25, 0.3) is 11.8 Å². The summed E-state index contributed by atoms with van der Waals surface area (Å²) in [5.74, 6) is 0.394. The minimum Gasteiger partial charge on any atom is -0.484 e. The molecule has 6 nitrogen and oxygen atoms in total. The van der Waals surface area contributed by atoms with Crippen LogP contribution in [0.15, 0.2) is 78.9 Å². The molecule has 3 aromatic carbocycles. The smallest absolute Gasteiger partial charge is 0.265 e. The number of ether oxygens (including phenoxy) is 2. The molecule has 7 heteroatoms. The van der Waals surface area contributed by atoms with Crippen molar-refractivity contribution in [3.63, 3.8) is 0 Å². The maximum absolute atomic E-state index is 12.4. The van der Waals surface area contributed by atoms with Gasteiger partial charge in [0.15, 0.2) is 12.7 Å². The molecule has 3 aromatic rings. The Labute approximate surface area is 179 Å². The third-order valence-corrected chi connectivity index (χ3v) is 4.35. The molecule has 0 bridgehead atoms. The molecule has 0 aliphatic heterocycles. The molecule has 3 rings (SSSR count). The van der Waals surface area contributed by atoms with Gasteiger partial charge >= 0.3 is 0 Å². The summed E-state index contributed by atoms with van der Waals surface area (Å²) in [5, 5.41) is 5.93. The Balaban J connectivity index is 1.53. The van der Waals surface area contributed by atoms with Crippen LogP contribution in [0, 0.1) is 0 Å². The molecule has 0 saturated heterocycles. The van der Waals surface area contributed by atoms with Crippen molar-refractivity contribution in [1.29, 1.82) is 0 Å². The quantitative estimate of drug-likeness (QED) is 0.546. The van der Waals surface area contributed by atoms with Crippen molar-refractivity contribution in [3.8, 4) is 11.5 Å². The number of anilines is 2. The van der Waals surface area contributed by atoms with E-state index in [1.165, 1.54) is 0 Å². The van der Waals surface area contributed by atoms with Crippen LogP contribution in [0.25, 0.3) is 0 Å². The lowest BCUT2D eigenvalue weighted by Crippen LogP contribution is -2.30. The van der Waals surface area contributed by atoms with Crippen LogP contribution in [0.5, 0.6) is 11.5 Å². The maximum atomic E-state index is 12.4. The number of amides is 2. The average molecular weight is 425 g/mol. The van der Waals surface area contributed by atoms with Crippen LogP contribution in [-0.4, -0.2) is 24.5 Å². The van der Waals surface area contributed by atoms with Crippen LogP contribution in [-0.2, 0) is 9.59 Å². The van der Waals surface area contributed by atoms with Gasteiger partial charge in [-0.15, -0.1) is 0 Å². The van der Waals surface area contributed by atoms with Gasteiger partial charge in [-0.3, -0.25) is 9.59 Å². The summed E-state index contributed by atoms with van der Waals surface area (Å²) < 4.78 is 11.0. The second-order valence-corrected chi connectivity index (χ2v) is 6.82. The summed E-state index contributed by atoms with van der Waals surface area (Å²) in [5.41, 5.74) is 1.06. The average Bonchev–Trinajstić information content (AvgIpc) is 2.75. The fraction of sp³-hybridized carbons (Fsp3) is 0.130. The Hall–Kier alpha value is -3.51. The monoisotopic (exact) mass is 424 g/mol. The summed E-state index contributed by atoms with van der Waals surface area (Å²) >= 11 is 6.06. The van der Waals surface area contributed by atoms with Gasteiger partial charge in [0.1, 0.15) is 11.5 Å². The topological polar surface area (TPSA) is 76.7 Å². The molecule has 2 N–H and O–H groups in total. The van der Waals surface area contributed by atoms with Crippen molar-refractivity contribution in [2.24, 2.45) is 0 Å². The predicted octanol–water partition coefficient (Wildman–Crippen LogP) is 4.76. The van der Waals surface area contributed by atoms with Crippen molar-refractivity contribution < 1.29 is 19.1 Å². The molecule has 0 radical (unpaired) electrons. The standard InChI is InChI=1S/C23H21ClN2O4/c1-16(30-21-13-6-5-12-20(21)24)23(28)26-18-9-7-8-17(14-18)25-22(27)15-29-19-10-3-2-4-11-19/h2-14,16H,15H2,1H3,(H,25,27)(H,26,28). The molecule has 0 saturated carbocycles. The van der Waals surface area contributed by atoms with Gasteiger partial charge in [0.2, 0.25) is 0 Å². The fourth-order valence-electron chi connectivity index (χ4n) is 2.57. The van der Waals surface area contributed by atoms with Crippen LogP contribution < -0.4 is 20.1 Å². The minimum absolute atomic E-state index is 0.122. The zero-order valence-corrected chi connectivity index (χ0v) is 17.1. The van der Waals surface area contributed by atoms with Crippen LogP contribution in [0.4, 0.5) is 11.4 Å². The molecule has 0 fully saturated rings. The maximum Gasteiger partial charge on any atom is 0.265 e. The minimum atomic E-state index is -0.762. The molecule has 0 aliphatic rings. The number of rotatable bonds is 8. The molecule has 0 spiro atoms. The first-order chi connectivity index (χ1) is 14.5. The first kappa shape index (κ1) is 21.2. The number of halogens is 1. The Morgan fingerprint density at radius 2 is 1.57 bits per heavy atom. The molecule has 0 heterocycles. The number of hydrogen-bond acceptors (Lipinski definition) is 4. The number of carbonyl (C=O) groups is 2.